The lowest BCUT2D eigenvalue weighted by Gasteiger charge is -2.36. The van der Waals surface area contributed by atoms with Gasteiger partial charge in [0.1, 0.15) is 5.82 Å². The van der Waals surface area contributed by atoms with Crippen molar-refractivity contribution < 1.29 is 18.7 Å². The molecule has 2 rings (SSSR count). The maximum absolute atomic E-state index is 12.9. The summed E-state index contributed by atoms with van der Waals surface area (Å²) in [4.78, 5) is 27.6. The number of rotatable bonds is 4. The van der Waals surface area contributed by atoms with Crippen LogP contribution in [0.4, 0.5) is 14.9 Å². The van der Waals surface area contributed by atoms with Gasteiger partial charge >= 0.3 is 6.09 Å². The third-order valence-electron chi connectivity index (χ3n) is 3.88. The average molecular weight is 323 g/mol. The number of carbonyl (C=O) groups excluding carboxylic acids is 2. The van der Waals surface area contributed by atoms with Gasteiger partial charge in [-0.05, 0) is 38.1 Å². The molecule has 1 saturated heterocycles. The first-order chi connectivity index (χ1) is 11.0. The van der Waals surface area contributed by atoms with Gasteiger partial charge in [0.2, 0.25) is 5.91 Å². The highest BCUT2D eigenvalue weighted by atomic mass is 19.1. The van der Waals surface area contributed by atoms with Crippen molar-refractivity contribution in [1.82, 2.24) is 9.80 Å². The van der Waals surface area contributed by atoms with Crippen molar-refractivity contribution in [2.24, 2.45) is 0 Å². The smallest absolute Gasteiger partial charge is 0.409 e. The third-order valence-corrected chi connectivity index (χ3v) is 3.88. The van der Waals surface area contributed by atoms with Gasteiger partial charge in [-0.3, -0.25) is 9.69 Å². The van der Waals surface area contributed by atoms with E-state index in [4.69, 9.17) is 4.74 Å². The highest BCUT2D eigenvalue weighted by Crippen LogP contribution is 2.12. The largest absolute Gasteiger partial charge is 0.450 e. The molecule has 7 heteroatoms. The number of hydrogen-bond acceptors (Lipinski definition) is 4. The molecule has 126 valence electrons. The molecule has 0 bridgehead atoms. The first-order valence-corrected chi connectivity index (χ1v) is 7.73. The third kappa shape index (κ3) is 4.66. The van der Waals surface area contributed by atoms with Gasteiger partial charge in [0, 0.05) is 31.9 Å². The number of carbonyl (C=O) groups is 2. The van der Waals surface area contributed by atoms with Crippen LogP contribution < -0.4 is 5.32 Å². The van der Waals surface area contributed by atoms with Gasteiger partial charge in [0.15, 0.2) is 0 Å². The SMILES string of the molecule is CCOC(=O)N1CCN([C@H](C)C(=O)Nc2ccc(F)cc2)CC1. The van der Waals surface area contributed by atoms with Crippen LogP contribution in [-0.4, -0.2) is 60.6 Å². The summed E-state index contributed by atoms with van der Waals surface area (Å²) in [5, 5.41) is 2.77. The van der Waals surface area contributed by atoms with Crippen LogP contribution in [-0.2, 0) is 9.53 Å². The summed E-state index contributed by atoms with van der Waals surface area (Å²) in [6.07, 6.45) is -0.310. The van der Waals surface area contributed by atoms with E-state index in [2.05, 4.69) is 5.32 Å². The van der Waals surface area contributed by atoms with Crippen LogP contribution in [0, 0.1) is 5.82 Å². The van der Waals surface area contributed by atoms with Gasteiger partial charge in [0.25, 0.3) is 0 Å². The van der Waals surface area contributed by atoms with Crippen molar-refractivity contribution in [1.29, 1.82) is 0 Å². The van der Waals surface area contributed by atoms with Gasteiger partial charge in [-0.25, -0.2) is 9.18 Å². The first-order valence-electron chi connectivity index (χ1n) is 7.73. The number of benzene rings is 1. The van der Waals surface area contributed by atoms with E-state index in [1.54, 1.807) is 11.8 Å². The van der Waals surface area contributed by atoms with E-state index in [1.807, 2.05) is 11.8 Å². The lowest BCUT2D eigenvalue weighted by atomic mass is 10.2. The molecule has 1 aliphatic heterocycles. The first kappa shape index (κ1) is 17.2. The van der Waals surface area contributed by atoms with E-state index in [0.29, 0.717) is 38.5 Å². The normalized spacial score (nSPS) is 16.7. The van der Waals surface area contributed by atoms with E-state index < -0.39 is 0 Å². The number of hydrogen-bond donors (Lipinski definition) is 1. The molecular weight excluding hydrogens is 301 g/mol. The van der Waals surface area contributed by atoms with Gasteiger partial charge in [-0.1, -0.05) is 0 Å². The summed E-state index contributed by atoms with van der Waals surface area (Å²) in [5.41, 5.74) is 0.563. The Balaban J connectivity index is 1.84. The number of anilines is 1. The highest BCUT2D eigenvalue weighted by molar-refractivity contribution is 5.94. The van der Waals surface area contributed by atoms with Crippen LogP contribution in [0.3, 0.4) is 0 Å². The predicted molar refractivity (Wildman–Crippen MR) is 84.7 cm³/mol. The minimum atomic E-state index is -0.342. The molecule has 1 heterocycles. The second kappa shape index (κ2) is 7.92. The minimum absolute atomic E-state index is 0.152. The Kier molecular flexibility index (Phi) is 5.92. The Hall–Kier alpha value is -2.15. The predicted octanol–water partition coefficient (Wildman–Crippen LogP) is 1.93. The van der Waals surface area contributed by atoms with Crippen molar-refractivity contribution in [3.05, 3.63) is 30.1 Å². The molecule has 23 heavy (non-hydrogen) atoms. The van der Waals surface area contributed by atoms with Gasteiger partial charge < -0.3 is 15.0 Å². The summed E-state index contributed by atoms with van der Waals surface area (Å²) < 4.78 is 17.8. The summed E-state index contributed by atoms with van der Waals surface area (Å²) in [6.45, 7) is 6.23. The van der Waals surface area contributed by atoms with E-state index in [0.717, 1.165) is 0 Å². The Bertz CT molecular complexity index is 542. The van der Waals surface area contributed by atoms with Crippen molar-refractivity contribution in [2.75, 3.05) is 38.1 Å². The van der Waals surface area contributed by atoms with E-state index in [9.17, 15) is 14.0 Å². The van der Waals surface area contributed by atoms with Crippen LogP contribution in [0.15, 0.2) is 24.3 Å². The summed E-state index contributed by atoms with van der Waals surface area (Å²) >= 11 is 0. The van der Waals surface area contributed by atoms with Crippen LogP contribution >= 0.6 is 0 Å². The molecule has 1 atom stereocenters. The number of piperazine rings is 1. The van der Waals surface area contributed by atoms with Crippen molar-refractivity contribution in [3.63, 3.8) is 0 Å². The van der Waals surface area contributed by atoms with Crippen molar-refractivity contribution >= 4 is 17.7 Å². The second-order valence-corrected chi connectivity index (χ2v) is 5.39. The maximum atomic E-state index is 12.9. The fraction of sp³-hybridized carbons (Fsp3) is 0.500. The zero-order valence-corrected chi connectivity index (χ0v) is 13.4. The lowest BCUT2D eigenvalue weighted by molar-refractivity contribution is -0.121. The zero-order valence-electron chi connectivity index (χ0n) is 13.4. The number of amides is 2. The van der Waals surface area contributed by atoms with Crippen LogP contribution in [0.1, 0.15) is 13.8 Å². The molecule has 0 radical (unpaired) electrons. The maximum Gasteiger partial charge on any atom is 0.409 e. The highest BCUT2D eigenvalue weighted by Gasteiger charge is 2.27. The Morgan fingerprint density at radius 2 is 1.83 bits per heavy atom. The number of nitrogens with zero attached hydrogens (tertiary/aromatic N) is 2. The van der Waals surface area contributed by atoms with E-state index in [-0.39, 0.29) is 23.9 Å². The molecule has 6 nitrogen and oxygen atoms in total. The Morgan fingerprint density at radius 1 is 1.22 bits per heavy atom. The summed E-state index contributed by atoms with van der Waals surface area (Å²) in [6, 6.07) is 5.33. The molecule has 1 aliphatic rings. The van der Waals surface area contributed by atoms with Gasteiger partial charge in [0.05, 0.1) is 12.6 Å². The standard InChI is InChI=1S/C16H22FN3O3/c1-3-23-16(22)20-10-8-19(9-11-20)12(2)15(21)18-14-6-4-13(17)5-7-14/h4-7,12H,3,8-11H2,1-2H3,(H,18,21)/t12-/m1/s1. The monoisotopic (exact) mass is 323 g/mol. The molecule has 0 aromatic heterocycles. The Labute approximate surface area is 135 Å². The van der Waals surface area contributed by atoms with Crippen molar-refractivity contribution in [2.45, 2.75) is 19.9 Å². The summed E-state index contributed by atoms with van der Waals surface area (Å²) in [5.74, 6) is -0.493. The molecule has 0 spiro atoms. The van der Waals surface area contributed by atoms with Crippen molar-refractivity contribution in [3.8, 4) is 0 Å². The molecule has 0 unspecified atom stereocenters. The molecule has 2 amide bonds. The topological polar surface area (TPSA) is 61.9 Å². The van der Waals surface area contributed by atoms with Crippen LogP contribution in [0.25, 0.3) is 0 Å². The minimum Gasteiger partial charge on any atom is -0.450 e. The number of ether oxygens (including phenoxy) is 1. The molecule has 0 saturated carbocycles. The average Bonchev–Trinajstić information content (AvgIpc) is 2.56. The van der Waals surface area contributed by atoms with Crippen LogP contribution in [0.2, 0.25) is 0 Å². The van der Waals surface area contributed by atoms with Gasteiger partial charge in [-0.15, -0.1) is 0 Å². The molecule has 1 aromatic rings. The van der Waals surface area contributed by atoms with E-state index in [1.165, 1.54) is 24.3 Å². The fourth-order valence-corrected chi connectivity index (χ4v) is 2.45. The number of nitrogens with one attached hydrogen (secondary N) is 1. The molecule has 0 aliphatic carbocycles. The lowest BCUT2D eigenvalue weighted by Crippen LogP contribution is -2.54. The Morgan fingerprint density at radius 3 is 2.39 bits per heavy atom. The second-order valence-electron chi connectivity index (χ2n) is 5.39. The fourth-order valence-electron chi connectivity index (χ4n) is 2.45. The van der Waals surface area contributed by atoms with Crippen LogP contribution in [0.5, 0.6) is 0 Å². The van der Waals surface area contributed by atoms with Gasteiger partial charge in [-0.2, -0.15) is 0 Å². The zero-order chi connectivity index (χ0) is 16.8. The molecule has 1 N–H and O–H groups in total. The molecular formula is C16H22FN3O3. The molecule has 1 aromatic carbocycles. The quantitative estimate of drug-likeness (QED) is 0.920. The summed E-state index contributed by atoms with van der Waals surface area (Å²) in [7, 11) is 0. The molecule has 1 fully saturated rings. The van der Waals surface area contributed by atoms with E-state index >= 15 is 0 Å². The number of halogens is 1.